The van der Waals surface area contributed by atoms with Crippen molar-refractivity contribution in [1.29, 1.82) is 0 Å². The number of hydrogen-bond acceptors (Lipinski definition) is 6. The van der Waals surface area contributed by atoms with E-state index < -0.39 is 11.9 Å². The molecule has 0 atom stereocenters. The van der Waals surface area contributed by atoms with Crippen molar-refractivity contribution >= 4 is 11.9 Å². The number of hydrogen-bond donors (Lipinski definition) is 0. The van der Waals surface area contributed by atoms with Crippen molar-refractivity contribution in [3.63, 3.8) is 0 Å². The van der Waals surface area contributed by atoms with Gasteiger partial charge in [-0.25, -0.2) is 9.59 Å². The fraction of sp³-hybridized carbons (Fsp3) is 0.300. The van der Waals surface area contributed by atoms with Gasteiger partial charge in [0, 0.05) is 0 Å². The largest absolute Gasteiger partial charge is 0.465 e. The predicted molar refractivity (Wildman–Crippen MR) is 92.5 cm³/mol. The molecule has 0 radical (unpaired) electrons. The van der Waals surface area contributed by atoms with Gasteiger partial charge >= 0.3 is 11.9 Å². The minimum absolute atomic E-state index is 0.161. The summed E-state index contributed by atoms with van der Waals surface area (Å²) in [7, 11) is 2.55. The van der Waals surface area contributed by atoms with Gasteiger partial charge in [-0.15, -0.1) is 0 Å². The molecule has 6 heteroatoms. The first kappa shape index (κ1) is 18.1. The Labute approximate surface area is 151 Å². The minimum Gasteiger partial charge on any atom is -0.465 e. The Hall–Kier alpha value is -2.70. The summed E-state index contributed by atoms with van der Waals surface area (Å²) < 4.78 is 21.4. The molecular formula is C20H20O6. The van der Waals surface area contributed by atoms with Crippen LogP contribution in [0.2, 0.25) is 0 Å². The first-order valence-electron chi connectivity index (χ1n) is 8.19. The Bertz CT molecular complexity index is 759. The molecule has 2 aliphatic heterocycles. The second-order valence-corrected chi connectivity index (χ2v) is 5.87. The van der Waals surface area contributed by atoms with E-state index in [1.54, 1.807) is 12.1 Å². The number of rotatable bonds is 2. The lowest BCUT2D eigenvalue weighted by molar-refractivity contribution is 0.0534. The second kappa shape index (κ2) is 8.12. The smallest absolute Gasteiger partial charge is 0.339 e. The molecule has 6 nitrogen and oxygen atoms in total. The fourth-order valence-corrected chi connectivity index (χ4v) is 2.98. The summed E-state index contributed by atoms with van der Waals surface area (Å²) >= 11 is 0. The number of ether oxygens (including phenoxy) is 4. The van der Waals surface area contributed by atoms with Gasteiger partial charge in [-0.05, 0) is 22.3 Å². The third-order valence-corrected chi connectivity index (χ3v) is 4.31. The van der Waals surface area contributed by atoms with Gasteiger partial charge in [-0.3, -0.25) is 0 Å². The van der Waals surface area contributed by atoms with Crippen molar-refractivity contribution < 1.29 is 28.5 Å². The van der Waals surface area contributed by atoms with Crippen LogP contribution >= 0.6 is 0 Å². The summed E-state index contributed by atoms with van der Waals surface area (Å²) in [4.78, 5) is 24.7. The van der Waals surface area contributed by atoms with Crippen molar-refractivity contribution in [2.24, 2.45) is 0 Å². The monoisotopic (exact) mass is 356 g/mol. The summed E-state index contributed by atoms with van der Waals surface area (Å²) in [5.41, 5.74) is 3.51. The van der Waals surface area contributed by atoms with E-state index in [9.17, 15) is 9.59 Å². The van der Waals surface area contributed by atoms with Gasteiger partial charge in [-0.1, -0.05) is 36.4 Å². The van der Waals surface area contributed by atoms with E-state index in [4.69, 9.17) is 18.9 Å². The van der Waals surface area contributed by atoms with Crippen molar-refractivity contribution in [2.45, 2.75) is 26.4 Å². The van der Waals surface area contributed by atoms with Crippen LogP contribution in [0.3, 0.4) is 0 Å². The third-order valence-electron chi connectivity index (χ3n) is 4.31. The zero-order valence-corrected chi connectivity index (χ0v) is 14.7. The summed E-state index contributed by atoms with van der Waals surface area (Å²) in [5.74, 6) is -1.22. The Morgan fingerprint density at radius 3 is 1.46 bits per heavy atom. The van der Waals surface area contributed by atoms with Gasteiger partial charge in [0.05, 0.1) is 51.8 Å². The van der Waals surface area contributed by atoms with Crippen molar-refractivity contribution in [1.82, 2.24) is 0 Å². The quantitative estimate of drug-likeness (QED) is 0.771. The lowest BCUT2D eigenvalue weighted by Crippen LogP contribution is -2.19. The molecule has 2 aromatic carbocycles. The lowest BCUT2D eigenvalue weighted by atomic mass is 9.96. The van der Waals surface area contributed by atoms with Crippen LogP contribution in [0, 0.1) is 0 Å². The van der Waals surface area contributed by atoms with E-state index >= 15 is 0 Å². The number of esters is 2. The summed E-state index contributed by atoms with van der Waals surface area (Å²) in [6.45, 7) is 1.08. The molecule has 0 unspecified atom stereocenters. The number of fused-ring (bicyclic) bond motifs is 6. The minimum atomic E-state index is -0.608. The highest BCUT2D eigenvalue weighted by Gasteiger charge is 2.26. The highest BCUT2D eigenvalue weighted by atomic mass is 16.5. The van der Waals surface area contributed by atoms with E-state index in [1.165, 1.54) is 14.2 Å². The lowest BCUT2D eigenvalue weighted by Gasteiger charge is -2.18. The molecule has 0 saturated carbocycles. The first-order valence-corrected chi connectivity index (χ1v) is 8.19. The van der Waals surface area contributed by atoms with Crippen LogP contribution in [-0.4, -0.2) is 26.2 Å². The van der Waals surface area contributed by atoms with Crippen LogP contribution in [-0.2, 0) is 45.4 Å². The molecule has 4 rings (SSSR count). The average Bonchev–Trinajstić information content (AvgIpc) is 2.66. The molecule has 0 N–H and O–H groups in total. The van der Waals surface area contributed by atoms with Crippen molar-refractivity contribution in [3.05, 3.63) is 69.8 Å². The molecule has 2 aliphatic rings. The molecule has 0 aliphatic carbocycles. The molecule has 26 heavy (non-hydrogen) atoms. The van der Waals surface area contributed by atoms with Crippen LogP contribution < -0.4 is 0 Å². The van der Waals surface area contributed by atoms with E-state index in [0.29, 0.717) is 24.3 Å². The SMILES string of the molecule is COC(=O)c1c2ccc(c1C(=O)OC)COCc1ccccc1COC2. The first-order chi connectivity index (χ1) is 12.7. The number of methoxy groups -OCH3 is 2. The number of benzene rings is 2. The molecule has 136 valence electrons. The zero-order valence-electron chi connectivity index (χ0n) is 14.7. The Morgan fingerprint density at radius 1 is 0.692 bits per heavy atom. The van der Waals surface area contributed by atoms with E-state index in [1.807, 2.05) is 24.3 Å². The fourth-order valence-electron chi connectivity index (χ4n) is 2.98. The summed E-state index contributed by atoms with van der Waals surface area (Å²) in [6.07, 6.45) is 0. The van der Waals surface area contributed by atoms with Crippen molar-refractivity contribution in [2.75, 3.05) is 14.2 Å². The van der Waals surface area contributed by atoms with Crippen LogP contribution in [0.4, 0.5) is 0 Å². The zero-order chi connectivity index (χ0) is 18.5. The van der Waals surface area contributed by atoms with Crippen LogP contribution in [0.15, 0.2) is 36.4 Å². The molecule has 0 fully saturated rings. The van der Waals surface area contributed by atoms with Gasteiger partial charge in [-0.2, -0.15) is 0 Å². The Morgan fingerprint density at radius 2 is 1.08 bits per heavy atom. The third kappa shape index (κ3) is 3.61. The molecule has 0 spiro atoms. The van der Waals surface area contributed by atoms with Crippen LogP contribution in [0.25, 0.3) is 0 Å². The molecule has 0 amide bonds. The molecule has 2 aromatic rings. The topological polar surface area (TPSA) is 71.1 Å². The molecule has 0 aromatic heterocycles. The highest BCUT2D eigenvalue weighted by molar-refractivity contribution is 6.05. The Balaban J connectivity index is 2.07. The van der Waals surface area contributed by atoms with Crippen molar-refractivity contribution in [3.8, 4) is 0 Å². The summed E-state index contributed by atoms with van der Waals surface area (Å²) in [5, 5.41) is 0. The van der Waals surface area contributed by atoms with E-state index in [2.05, 4.69) is 0 Å². The van der Waals surface area contributed by atoms with Gasteiger partial charge in [0.25, 0.3) is 0 Å². The number of carbonyl (C=O) groups excluding carboxylic acids is 2. The number of carbonyl (C=O) groups is 2. The summed E-state index contributed by atoms with van der Waals surface area (Å²) in [6, 6.07) is 11.4. The van der Waals surface area contributed by atoms with Crippen LogP contribution in [0.1, 0.15) is 43.0 Å². The molecular weight excluding hydrogens is 336 g/mol. The average molecular weight is 356 g/mol. The van der Waals surface area contributed by atoms with Crippen LogP contribution in [0.5, 0.6) is 0 Å². The van der Waals surface area contributed by atoms with E-state index in [-0.39, 0.29) is 24.3 Å². The maximum atomic E-state index is 12.4. The molecule has 2 bridgehead atoms. The molecule has 0 saturated heterocycles. The maximum Gasteiger partial charge on any atom is 0.339 e. The molecule has 2 heterocycles. The normalized spacial score (nSPS) is 13.9. The van der Waals surface area contributed by atoms with Gasteiger partial charge in [0.1, 0.15) is 0 Å². The van der Waals surface area contributed by atoms with Gasteiger partial charge < -0.3 is 18.9 Å². The van der Waals surface area contributed by atoms with Gasteiger partial charge in [0.2, 0.25) is 0 Å². The second-order valence-electron chi connectivity index (χ2n) is 5.87. The predicted octanol–water partition coefficient (Wildman–Crippen LogP) is 3.01. The standard InChI is InChI=1S/C20H20O6/c1-23-19(21)17-15-7-8-16(18(17)20(22)24-2)12-26-10-14-6-4-3-5-13(14)9-25-11-15/h3-8H,9-12H2,1-2H3. The highest BCUT2D eigenvalue weighted by Crippen LogP contribution is 2.25. The van der Waals surface area contributed by atoms with Gasteiger partial charge in [0.15, 0.2) is 0 Å². The van der Waals surface area contributed by atoms with E-state index in [0.717, 1.165) is 11.1 Å². The Kier molecular flexibility index (Phi) is 5.65. The maximum absolute atomic E-state index is 12.4.